The van der Waals surface area contributed by atoms with Crippen molar-refractivity contribution in [2.24, 2.45) is 0 Å². The summed E-state index contributed by atoms with van der Waals surface area (Å²) in [5.41, 5.74) is 0.516. The van der Waals surface area contributed by atoms with Crippen LogP contribution in [0.1, 0.15) is 23.3 Å². The number of hydrogen-bond acceptors (Lipinski definition) is 3. The van der Waals surface area contributed by atoms with Gasteiger partial charge in [0, 0.05) is 29.1 Å². The molecule has 2 aliphatic heterocycles. The number of halogens is 1. The van der Waals surface area contributed by atoms with Gasteiger partial charge >= 0.3 is 0 Å². The average molecular weight is 347 g/mol. The Balaban J connectivity index is 1.64. The highest BCUT2D eigenvalue weighted by Gasteiger charge is 2.36. The van der Waals surface area contributed by atoms with Crippen molar-refractivity contribution >= 4 is 32.6 Å². The molecule has 21 heavy (non-hydrogen) atoms. The molecule has 4 rings (SSSR count). The summed E-state index contributed by atoms with van der Waals surface area (Å²) in [5, 5.41) is 2.07. The third-order valence-electron chi connectivity index (χ3n) is 4.23. The average Bonchev–Trinajstić information content (AvgIpc) is 2.84. The van der Waals surface area contributed by atoms with E-state index >= 15 is 0 Å². The highest BCUT2D eigenvalue weighted by atomic mass is 79.9. The Hall–Kier alpha value is -1.46. The van der Waals surface area contributed by atoms with Gasteiger partial charge in [-0.3, -0.25) is 9.78 Å². The van der Waals surface area contributed by atoms with E-state index in [9.17, 15) is 4.79 Å². The fourth-order valence-electron chi connectivity index (χ4n) is 3.17. The molecule has 3 heterocycles. The molecule has 2 atom stereocenters. The quantitative estimate of drug-likeness (QED) is 0.797. The molecule has 5 heteroatoms. The van der Waals surface area contributed by atoms with E-state index in [4.69, 9.17) is 4.74 Å². The number of likely N-dealkylation sites (tertiary alicyclic amines) is 1. The SMILES string of the molecule is O=C(c1cc2cc(Br)ccc2cn1)N1CC2CCC(C1)O2. The van der Waals surface area contributed by atoms with Crippen LogP contribution < -0.4 is 0 Å². The maximum atomic E-state index is 12.6. The fraction of sp³-hybridized carbons (Fsp3) is 0.375. The van der Waals surface area contributed by atoms with Crippen molar-refractivity contribution in [3.05, 3.63) is 40.6 Å². The van der Waals surface area contributed by atoms with Crippen molar-refractivity contribution < 1.29 is 9.53 Å². The Morgan fingerprint density at radius 3 is 2.71 bits per heavy atom. The summed E-state index contributed by atoms with van der Waals surface area (Å²) in [6, 6.07) is 7.86. The predicted octanol–water partition coefficient (Wildman–Crippen LogP) is 3.00. The van der Waals surface area contributed by atoms with E-state index in [0.29, 0.717) is 18.8 Å². The van der Waals surface area contributed by atoms with E-state index in [1.807, 2.05) is 29.2 Å². The maximum Gasteiger partial charge on any atom is 0.272 e. The number of nitrogens with zero attached hydrogens (tertiary/aromatic N) is 2. The van der Waals surface area contributed by atoms with Gasteiger partial charge in [-0.1, -0.05) is 22.0 Å². The second kappa shape index (κ2) is 5.07. The van der Waals surface area contributed by atoms with Crippen LogP contribution in [0.15, 0.2) is 34.9 Å². The van der Waals surface area contributed by atoms with Gasteiger partial charge in [0.2, 0.25) is 0 Å². The summed E-state index contributed by atoms with van der Waals surface area (Å²) < 4.78 is 6.78. The van der Waals surface area contributed by atoms with E-state index in [1.165, 1.54) is 0 Å². The van der Waals surface area contributed by atoms with Gasteiger partial charge in [-0.15, -0.1) is 0 Å². The van der Waals surface area contributed by atoms with Gasteiger partial charge < -0.3 is 9.64 Å². The zero-order chi connectivity index (χ0) is 14.4. The first-order valence-electron chi connectivity index (χ1n) is 7.19. The molecule has 2 unspecified atom stereocenters. The molecule has 1 amide bonds. The second-order valence-corrected chi connectivity index (χ2v) is 6.64. The third-order valence-corrected chi connectivity index (χ3v) is 4.73. The first-order chi connectivity index (χ1) is 10.2. The fourth-order valence-corrected chi connectivity index (χ4v) is 3.55. The Kier molecular flexibility index (Phi) is 3.19. The van der Waals surface area contributed by atoms with Crippen molar-refractivity contribution in [2.75, 3.05) is 13.1 Å². The maximum absolute atomic E-state index is 12.6. The molecule has 1 aromatic carbocycles. The first kappa shape index (κ1) is 13.2. The van der Waals surface area contributed by atoms with Crippen molar-refractivity contribution in [3.8, 4) is 0 Å². The normalized spacial score (nSPS) is 24.5. The van der Waals surface area contributed by atoms with Crippen LogP contribution in [0.25, 0.3) is 10.8 Å². The number of amides is 1. The van der Waals surface area contributed by atoms with Crippen molar-refractivity contribution in [1.29, 1.82) is 0 Å². The minimum absolute atomic E-state index is 0.0112. The second-order valence-electron chi connectivity index (χ2n) is 5.73. The van der Waals surface area contributed by atoms with Crippen molar-refractivity contribution in [1.82, 2.24) is 9.88 Å². The van der Waals surface area contributed by atoms with Gasteiger partial charge in [0.1, 0.15) is 5.69 Å². The van der Waals surface area contributed by atoms with Gasteiger partial charge in [-0.25, -0.2) is 0 Å². The molecule has 4 nitrogen and oxygen atoms in total. The summed E-state index contributed by atoms with van der Waals surface area (Å²) in [5.74, 6) is 0.0112. The molecule has 0 radical (unpaired) electrons. The molecule has 2 aromatic rings. The van der Waals surface area contributed by atoms with E-state index in [1.54, 1.807) is 6.20 Å². The van der Waals surface area contributed by atoms with Crippen LogP contribution in [0.4, 0.5) is 0 Å². The molecule has 2 bridgehead atoms. The molecule has 0 N–H and O–H groups in total. The van der Waals surface area contributed by atoms with E-state index in [2.05, 4.69) is 20.9 Å². The lowest BCUT2D eigenvalue weighted by Gasteiger charge is -2.31. The van der Waals surface area contributed by atoms with Crippen LogP contribution in [-0.2, 0) is 4.74 Å². The molecule has 2 saturated heterocycles. The Morgan fingerprint density at radius 1 is 1.19 bits per heavy atom. The van der Waals surface area contributed by atoms with Crippen molar-refractivity contribution in [3.63, 3.8) is 0 Å². The molecule has 2 aliphatic rings. The number of ether oxygens (including phenoxy) is 1. The minimum atomic E-state index is 0.0112. The lowest BCUT2D eigenvalue weighted by atomic mass is 10.1. The molecule has 108 valence electrons. The molecule has 1 aromatic heterocycles. The molecule has 2 fully saturated rings. The molecule has 0 spiro atoms. The zero-order valence-corrected chi connectivity index (χ0v) is 13.0. The number of rotatable bonds is 1. The van der Waals surface area contributed by atoms with Crippen LogP contribution in [0.5, 0.6) is 0 Å². The lowest BCUT2D eigenvalue weighted by molar-refractivity contribution is -0.0305. The van der Waals surface area contributed by atoms with Crippen LogP contribution in [0.2, 0.25) is 0 Å². The number of morpholine rings is 1. The van der Waals surface area contributed by atoms with Crippen LogP contribution in [-0.4, -0.2) is 41.1 Å². The lowest BCUT2D eigenvalue weighted by Crippen LogP contribution is -2.46. The molecular formula is C16H15BrN2O2. The molecule has 0 saturated carbocycles. The Bertz CT molecular complexity index is 706. The summed E-state index contributed by atoms with van der Waals surface area (Å²) in [6.45, 7) is 1.38. The summed E-state index contributed by atoms with van der Waals surface area (Å²) in [7, 11) is 0. The van der Waals surface area contributed by atoms with E-state index < -0.39 is 0 Å². The van der Waals surface area contributed by atoms with Gasteiger partial charge in [-0.05, 0) is 36.4 Å². The van der Waals surface area contributed by atoms with Crippen molar-refractivity contribution in [2.45, 2.75) is 25.0 Å². The highest BCUT2D eigenvalue weighted by Crippen LogP contribution is 2.27. The predicted molar refractivity (Wildman–Crippen MR) is 83.2 cm³/mol. The Morgan fingerprint density at radius 2 is 1.95 bits per heavy atom. The monoisotopic (exact) mass is 346 g/mol. The van der Waals surface area contributed by atoms with Crippen LogP contribution >= 0.6 is 15.9 Å². The topological polar surface area (TPSA) is 42.4 Å². The van der Waals surface area contributed by atoms with Gasteiger partial charge in [0.05, 0.1) is 12.2 Å². The summed E-state index contributed by atoms with van der Waals surface area (Å²) >= 11 is 3.46. The Labute approximate surface area is 131 Å². The van der Waals surface area contributed by atoms with Gasteiger partial charge in [0.25, 0.3) is 5.91 Å². The van der Waals surface area contributed by atoms with Crippen LogP contribution in [0.3, 0.4) is 0 Å². The van der Waals surface area contributed by atoms with E-state index in [0.717, 1.165) is 28.1 Å². The number of carbonyl (C=O) groups is 1. The first-order valence-corrected chi connectivity index (χ1v) is 7.98. The number of hydrogen-bond donors (Lipinski definition) is 0. The smallest absolute Gasteiger partial charge is 0.272 e. The van der Waals surface area contributed by atoms with Gasteiger partial charge in [0.15, 0.2) is 0 Å². The molecular weight excluding hydrogens is 332 g/mol. The highest BCUT2D eigenvalue weighted by molar-refractivity contribution is 9.10. The standard InChI is InChI=1S/C16H15BrN2O2/c17-12-2-1-10-7-18-15(6-11(10)5-12)16(20)19-8-13-3-4-14(9-19)21-13/h1-2,5-7,13-14H,3-4,8-9H2. The number of aromatic nitrogens is 1. The van der Waals surface area contributed by atoms with Crippen LogP contribution in [0, 0.1) is 0 Å². The molecule has 0 aliphatic carbocycles. The summed E-state index contributed by atoms with van der Waals surface area (Å²) in [4.78, 5) is 18.9. The zero-order valence-electron chi connectivity index (χ0n) is 11.5. The number of carbonyl (C=O) groups excluding carboxylic acids is 1. The number of benzene rings is 1. The number of pyridine rings is 1. The largest absolute Gasteiger partial charge is 0.371 e. The minimum Gasteiger partial charge on any atom is -0.371 e. The van der Waals surface area contributed by atoms with E-state index in [-0.39, 0.29) is 18.1 Å². The number of fused-ring (bicyclic) bond motifs is 3. The third kappa shape index (κ3) is 2.45. The summed E-state index contributed by atoms with van der Waals surface area (Å²) in [6.07, 6.45) is 4.31. The van der Waals surface area contributed by atoms with Gasteiger partial charge in [-0.2, -0.15) is 0 Å².